The Morgan fingerprint density at radius 2 is 2.17 bits per heavy atom. The molecule has 18 heavy (non-hydrogen) atoms. The van der Waals surface area contributed by atoms with Gasteiger partial charge in [-0.1, -0.05) is 22.0 Å². The second-order valence-electron chi connectivity index (χ2n) is 4.95. The number of hydrogen-bond acceptors (Lipinski definition) is 3. The van der Waals surface area contributed by atoms with E-state index < -0.39 is 11.4 Å². The lowest BCUT2D eigenvalue weighted by Crippen LogP contribution is -2.31. The molecule has 5 heteroatoms. The molecule has 0 aliphatic heterocycles. The molecular formula is C13H18BrNO3. The summed E-state index contributed by atoms with van der Waals surface area (Å²) >= 11 is 3.36. The van der Waals surface area contributed by atoms with Gasteiger partial charge in [0.15, 0.2) is 0 Å². The third-order valence-electron chi connectivity index (χ3n) is 2.63. The predicted molar refractivity (Wildman–Crippen MR) is 73.7 cm³/mol. The maximum absolute atomic E-state index is 11.0. The fourth-order valence-corrected chi connectivity index (χ4v) is 1.67. The summed E-state index contributed by atoms with van der Waals surface area (Å²) in [4.78, 5) is 11.0. The summed E-state index contributed by atoms with van der Waals surface area (Å²) in [6.07, 6.45) is 0. The van der Waals surface area contributed by atoms with Crippen LogP contribution in [0.4, 0.5) is 0 Å². The van der Waals surface area contributed by atoms with E-state index in [4.69, 9.17) is 15.6 Å². The summed E-state index contributed by atoms with van der Waals surface area (Å²) in [5.41, 5.74) is 5.78. The summed E-state index contributed by atoms with van der Waals surface area (Å²) in [7, 11) is 0. The Hall–Kier alpha value is -1.07. The van der Waals surface area contributed by atoms with Crippen molar-refractivity contribution in [2.75, 3.05) is 6.61 Å². The summed E-state index contributed by atoms with van der Waals surface area (Å²) in [5.74, 6) is -0.270. The van der Waals surface area contributed by atoms with Crippen LogP contribution in [0.2, 0.25) is 0 Å². The van der Waals surface area contributed by atoms with E-state index in [-0.39, 0.29) is 12.6 Å². The number of nitrogens with two attached hydrogens (primary N) is 1. The van der Waals surface area contributed by atoms with Gasteiger partial charge in [0.2, 0.25) is 0 Å². The monoisotopic (exact) mass is 315 g/mol. The molecule has 0 spiro atoms. The molecule has 1 atom stereocenters. The minimum absolute atomic E-state index is 0.0957. The Morgan fingerprint density at radius 1 is 1.56 bits per heavy atom. The molecule has 0 unspecified atom stereocenters. The topological polar surface area (TPSA) is 72.5 Å². The van der Waals surface area contributed by atoms with E-state index >= 15 is 0 Å². The van der Waals surface area contributed by atoms with E-state index in [0.717, 1.165) is 10.0 Å². The fraction of sp³-hybridized carbons (Fsp3) is 0.462. The van der Waals surface area contributed by atoms with Gasteiger partial charge in [0.25, 0.3) is 0 Å². The molecule has 100 valence electrons. The molecule has 0 saturated heterocycles. The second kappa shape index (κ2) is 5.71. The van der Waals surface area contributed by atoms with Crippen molar-refractivity contribution in [2.45, 2.75) is 26.8 Å². The lowest BCUT2D eigenvalue weighted by atomic mass is 9.95. The van der Waals surface area contributed by atoms with Crippen LogP contribution in [0.3, 0.4) is 0 Å². The molecule has 0 aliphatic rings. The number of halogens is 1. The van der Waals surface area contributed by atoms with Crippen LogP contribution in [-0.2, 0) is 4.79 Å². The van der Waals surface area contributed by atoms with Crippen molar-refractivity contribution in [1.82, 2.24) is 0 Å². The molecule has 1 aromatic rings. The molecule has 0 fully saturated rings. The van der Waals surface area contributed by atoms with Crippen LogP contribution in [0.1, 0.15) is 32.4 Å². The first-order chi connectivity index (χ1) is 8.24. The first-order valence-corrected chi connectivity index (χ1v) is 6.44. The van der Waals surface area contributed by atoms with E-state index in [1.54, 1.807) is 19.9 Å². The van der Waals surface area contributed by atoms with Crippen LogP contribution < -0.4 is 10.5 Å². The Kier molecular flexibility index (Phi) is 4.76. The van der Waals surface area contributed by atoms with Crippen LogP contribution in [0, 0.1) is 5.41 Å². The zero-order valence-electron chi connectivity index (χ0n) is 10.7. The number of carbonyl (C=O) groups is 1. The van der Waals surface area contributed by atoms with Crippen molar-refractivity contribution >= 4 is 21.9 Å². The Balaban J connectivity index is 2.90. The summed E-state index contributed by atoms with van der Waals surface area (Å²) < 4.78 is 6.48. The number of carboxylic acids is 1. The molecule has 1 rings (SSSR count). The summed E-state index contributed by atoms with van der Waals surface area (Å²) in [6, 6.07) is 5.39. The average molecular weight is 316 g/mol. The maximum atomic E-state index is 11.0. The molecule has 3 N–H and O–H groups in total. The van der Waals surface area contributed by atoms with E-state index in [1.807, 2.05) is 19.1 Å². The van der Waals surface area contributed by atoms with Gasteiger partial charge >= 0.3 is 5.97 Å². The molecule has 0 aliphatic carbocycles. The highest BCUT2D eigenvalue weighted by Crippen LogP contribution is 2.29. The van der Waals surface area contributed by atoms with Crippen LogP contribution in [0.5, 0.6) is 5.75 Å². The Labute approximate surface area is 115 Å². The molecule has 0 aromatic heterocycles. The minimum atomic E-state index is -0.933. The molecule has 0 amide bonds. The van der Waals surface area contributed by atoms with Crippen LogP contribution in [0.25, 0.3) is 0 Å². The van der Waals surface area contributed by atoms with Gasteiger partial charge in [-0.25, -0.2) is 0 Å². The first kappa shape index (κ1) is 15.0. The SMILES string of the molecule is C[C@@H](N)c1ccc(Br)cc1OCC(C)(C)C(=O)O. The lowest BCUT2D eigenvalue weighted by Gasteiger charge is -2.21. The predicted octanol–water partition coefficient (Wildman–Crippen LogP) is 2.96. The van der Waals surface area contributed by atoms with Gasteiger partial charge in [0, 0.05) is 16.1 Å². The largest absolute Gasteiger partial charge is 0.492 e. The molecule has 0 radical (unpaired) electrons. The summed E-state index contributed by atoms with van der Waals surface area (Å²) in [5, 5.41) is 9.04. The Morgan fingerprint density at radius 3 is 2.67 bits per heavy atom. The average Bonchev–Trinajstić information content (AvgIpc) is 2.26. The van der Waals surface area contributed by atoms with Gasteiger partial charge in [0.1, 0.15) is 12.4 Å². The number of rotatable bonds is 5. The molecule has 0 heterocycles. The number of aliphatic carboxylic acids is 1. The van der Waals surface area contributed by atoms with Crippen molar-refractivity contribution in [1.29, 1.82) is 0 Å². The van der Waals surface area contributed by atoms with Crippen molar-refractivity contribution < 1.29 is 14.6 Å². The molecule has 0 saturated carbocycles. The van der Waals surface area contributed by atoms with E-state index in [9.17, 15) is 4.79 Å². The summed E-state index contributed by atoms with van der Waals surface area (Å²) in [6.45, 7) is 5.20. The highest BCUT2D eigenvalue weighted by atomic mass is 79.9. The normalized spacial score (nSPS) is 13.2. The maximum Gasteiger partial charge on any atom is 0.312 e. The van der Waals surface area contributed by atoms with Crippen LogP contribution in [-0.4, -0.2) is 17.7 Å². The van der Waals surface area contributed by atoms with Crippen molar-refractivity contribution in [2.24, 2.45) is 11.1 Å². The number of hydrogen-bond donors (Lipinski definition) is 2. The number of benzene rings is 1. The van der Waals surface area contributed by atoms with Gasteiger partial charge in [-0.05, 0) is 32.9 Å². The standard InChI is InChI=1S/C13H18BrNO3/c1-8(15)10-5-4-9(14)6-11(10)18-7-13(2,3)12(16)17/h4-6,8H,7,15H2,1-3H3,(H,16,17)/t8-/m1/s1. The minimum Gasteiger partial charge on any atom is -0.492 e. The van der Waals surface area contributed by atoms with Crippen molar-refractivity contribution in [3.63, 3.8) is 0 Å². The molecule has 0 bridgehead atoms. The highest BCUT2D eigenvalue weighted by molar-refractivity contribution is 9.10. The van der Waals surface area contributed by atoms with Gasteiger partial charge in [0.05, 0.1) is 5.41 Å². The quantitative estimate of drug-likeness (QED) is 0.876. The number of ether oxygens (including phenoxy) is 1. The van der Waals surface area contributed by atoms with E-state index in [1.165, 1.54) is 0 Å². The highest BCUT2D eigenvalue weighted by Gasteiger charge is 2.28. The van der Waals surface area contributed by atoms with Gasteiger partial charge < -0.3 is 15.6 Å². The van der Waals surface area contributed by atoms with E-state index in [0.29, 0.717) is 5.75 Å². The fourth-order valence-electron chi connectivity index (χ4n) is 1.33. The molecule has 1 aromatic carbocycles. The molecular weight excluding hydrogens is 298 g/mol. The second-order valence-corrected chi connectivity index (χ2v) is 5.86. The van der Waals surface area contributed by atoms with Gasteiger partial charge in [-0.15, -0.1) is 0 Å². The first-order valence-electron chi connectivity index (χ1n) is 5.65. The molecule has 4 nitrogen and oxygen atoms in total. The Bertz CT molecular complexity index is 444. The third-order valence-corrected chi connectivity index (χ3v) is 3.13. The van der Waals surface area contributed by atoms with Crippen molar-refractivity contribution in [3.8, 4) is 5.75 Å². The smallest absolute Gasteiger partial charge is 0.312 e. The zero-order chi connectivity index (χ0) is 13.9. The van der Waals surface area contributed by atoms with Crippen molar-refractivity contribution in [3.05, 3.63) is 28.2 Å². The third kappa shape index (κ3) is 3.71. The van der Waals surface area contributed by atoms with Gasteiger partial charge in [-0.3, -0.25) is 4.79 Å². The lowest BCUT2D eigenvalue weighted by molar-refractivity contribution is -0.148. The number of carboxylic acid groups (broad SMARTS) is 1. The van der Waals surface area contributed by atoms with Crippen LogP contribution in [0.15, 0.2) is 22.7 Å². The van der Waals surface area contributed by atoms with Gasteiger partial charge in [-0.2, -0.15) is 0 Å². The van der Waals surface area contributed by atoms with Crippen LogP contribution >= 0.6 is 15.9 Å². The van der Waals surface area contributed by atoms with E-state index in [2.05, 4.69) is 15.9 Å². The zero-order valence-corrected chi connectivity index (χ0v) is 12.3.